The van der Waals surface area contributed by atoms with Gasteiger partial charge >= 0.3 is 0 Å². The van der Waals surface area contributed by atoms with Gasteiger partial charge in [-0.2, -0.15) is 0 Å². The Bertz CT molecular complexity index is 180. The Morgan fingerprint density at radius 3 is 2.83 bits per heavy atom. The van der Waals surface area contributed by atoms with Gasteiger partial charge in [0.25, 0.3) is 0 Å². The molecule has 0 aliphatic rings. The summed E-state index contributed by atoms with van der Waals surface area (Å²) in [5.74, 6) is -0.221. The Kier molecular flexibility index (Phi) is 7.60. The summed E-state index contributed by atoms with van der Waals surface area (Å²) < 4.78 is 12.6. The normalized spacial score (nSPS) is 13.4. The molecule has 0 aromatic carbocycles. The van der Waals surface area contributed by atoms with Gasteiger partial charge in [-0.15, -0.1) is 0 Å². The predicted molar refractivity (Wildman–Crippen MR) is 51.4 cm³/mol. The van der Waals surface area contributed by atoms with Crippen molar-refractivity contribution in [1.82, 2.24) is 0 Å². The van der Waals surface area contributed by atoms with Crippen LogP contribution in [-0.2, 0) is 0 Å². The predicted octanol–water partition coefficient (Wildman–Crippen LogP) is 2.71. The lowest BCUT2D eigenvalue weighted by Gasteiger charge is -1.86. The highest BCUT2D eigenvalue weighted by molar-refractivity contribution is 5.16. The Morgan fingerprint density at radius 1 is 1.50 bits per heavy atom. The van der Waals surface area contributed by atoms with E-state index >= 15 is 0 Å². The summed E-state index contributed by atoms with van der Waals surface area (Å²) in [5.41, 5.74) is 5.28. The maximum absolute atomic E-state index is 12.6. The molecule has 0 bridgehead atoms. The van der Waals surface area contributed by atoms with E-state index in [0.717, 1.165) is 12.8 Å². The van der Waals surface area contributed by atoms with Crippen molar-refractivity contribution in [3.63, 3.8) is 0 Å². The summed E-state index contributed by atoms with van der Waals surface area (Å²) in [5, 5.41) is 0. The van der Waals surface area contributed by atoms with Gasteiger partial charge in [-0.05, 0) is 38.5 Å². The summed E-state index contributed by atoms with van der Waals surface area (Å²) in [4.78, 5) is 0. The topological polar surface area (TPSA) is 26.0 Å². The van der Waals surface area contributed by atoms with Crippen molar-refractivity contribution in [2.45, 2.75) is 19.8 Å². The fourth-order valence-corrected chi connectivity index (χ4v) is 0.707. The highest BCUT2D eigenvalue weighted by Gasteiger charge is 1.81. The van der Waals surface area contributed by atoms with E-state index in [4.69, 9.17) is 5.73 Å². The van der Waals surface area contributed by atoms with Crippen LogP contribution in [0.4, 0.5) is 4.39 Å². The smallest absolute Gasteiger partial charge is 0.122 e. The quantitative estimate of drug-likeness (QED) is 0.497. The third-order valence-corrected chi connectivity index (χ3v) is 1.29. The van der Waals surface area contributed by atoms with Gasteiger partial charge in [0.15, 0.2) is 0 Å². The molecule has 1 nitrogen and oxygen atoms in total. The van der Waals surface area contributed by atoms with E-state index in [1.54, 1.807) is 19.1 Å². The molecule has 12 heavy (non-hydrogen) atoms. The van der Waals surface area contributed by atoms with Gasteiger partial charge in [0.2, 0.25) is 0 Å². The molecule has 0 saturated carbocycles. The molecule has 68 valence electrons. The van der Waals surface area contributed by atoms with Crippen LogP contribution in [0.3, 0.4) is 0 Å². The first-order valence-electron chi connectivity index (χ1n) is 4.16. The van der Waals surface area contributed by atoms with Crippen LogP contribution in [-0.4, -0.2) is 6.54 Å². The van der Waals surface area contributed by atoms with Crippen molar-refractivity contribution in [3.8, 4) is 0 Å². The van der Waals surface area contributed by atoms with Crippen LogP contribution in [0.15, 0.2) is 36.2 Å². The van der Waals surface area contributed by atoms with Crippen molar-refractivity contribution < 1.29 is 4.39 Å². The van der Waals surface area contributed by atoms with E-state index in [2.05, 4.69) is 0 Å². The lowest BCUT2D eigenvalue weighted by Crippen LogP contribution is -1.96. The fraction of sp³-hybridized carbons (Fsp3) is 0.400. The zero-order valence-electron chi connectivity index (χ0n) is 7.46. The van der Waals surface area contributed by atoms with Crippen molar-refractivity contribution in [1.29, 1.82) is 0 Å². The minimum absolute atomic E-state index is 0.221. The van der Waals surface area contributed by atoms with Crippen molar-refractivity contribution in [3.05, 3.63) is 36.2 Å². The second-order valence-corrected chi connectivity index (χ2v) is 2.41. The minimum Gasteiger partial charge on any atom is -0.330 e. The third kappa shape index (κ3) is 7.22. The van der Waals surface area contributed by atoms with Crippen molar-refractivity contribution in [2.75, 3.05) is 6.54 Å². The largest absolute Gasteiger partial charge is 0.330 e. The maximum Gasteiger partial charge on any atom is 0.122 e. The standard InChI is InChI=1S/C10H16FN/c1-2-7-10(11)8-5-3-4-6-9-12/h2-3,5,7-8H,4,6,9,12H2,1H3/b5-3+,7-2-,10-8+. The monoisotopic (exact) mass is 169 g/mol. The minimum atomic E-state index is -0.221. The number of nitrogens with two attached hydrogens (primary N) is 1. The molecule has 2 N–H and O–H groups in total. The number of unbranched alkanes of at least 4 members (excludes halogenated alkanes) is 1. The first-order chi connectivity index (χ1) is 5.81. The molecule has 0 rings (SSSR count). The van der Waals surface area contributed by atoms with Crippen molar-refractivity contribution >= 4 is 0 Å². The molecule has 2 heteroatoms. The van der Waals surface area contributed by atoms with Gasteiger partial charge in [0.1, 0.15) is 5.83 Å². The molecule has 0 amide bonds. The first-order valence-corrected chi connectivity index (χ1v) is 4.16. The van der Waals surface area contributed by atoms with Crippen molar-refractivity contribution in [2.24, 2.45) is 5.73 Å². The van der Waals surface area contributed by atoms with E-state index in [-0.39, 0.29) is 5.83 Å². The van der Waals surface area contributed by atoms with E-state index in [9.17, 15) is 4.39 Å². The lowest BCUT2D eigenvalue weighted by atomic mass is 10.3. The molecule has 0 radical (unpaired) electrons. The second-order valence-electron chi connectivity index (χ2n) is 2.41. The summed E-state index contributed by atoms with van der Waals surface area (Å²) >= 11 is 0. The van der Waals surface area contributed by atoms with Gasteiger partial charge in [0.05, 0.1) is 0 Å². The molecule has 0 atom stereocenters. The molecule has 0 aromatic rings. The molecule has 0 unspecified atom stereocenters. The second kappa shape index (κ2) is 8.21. The van der Waals surface area contributed by atoms with Crippen LogP contribution in [0.1, 0.15) is 19.8 Å². The van der Waals surface area contributed by atoms with Crippen LogP contribution in [0, 0.1) is 0 Å². The molecule has 0 fully saturated rings. The zero-order chi connectivity index (χ0) is 9.23. The summed E-state index contributed by atoms with van der Waals surface area (Å²) in [6, 6.07) is 0. The molecule has 0 aromatic heterocycles. The highest BCUT2D eigenvalue weighted by atomic mass is 19.1. The highest BCUT2D eigenvalue weighted by Crippen LogP contribution is 1.99. The summed E-state index contributed by atoms with van der Waals surface area (Å²) in [6.45, 7) is 2.47. The van der Waals surface area contributed by atoms with Crippen LogP contribution in [0.2, 0.25) is 0 Å². The third-order valence-electron chi connectivity index (χ3n) is 1.29. The summed E-state index contributed by atoms with van der Waals surface area (Å²) in [6.07, 6.45) is 10.0. The van der Waals surface area contributed by atoms with Gasteiger partial charge in [-0.3, -0.25) is 0 Å². The number of hydrogen-bond acceptors (Lipinski definition) is 1. The van der Waals surface area contributed by atoms with E-state index in [0.29, 0.717) is 6.54 Å². The number of rotatable bonds is 5. The van der Waals surface area contributed by atoms with Gasteiger partial charge in [-0.1, -0.05) is 18.2 Å². The van der Waals surface area contributed by atoms with Crippen LogP contribution < -0.4 is 5.73 Å². The SMILES string of the molecule is C\C=C/C(F)=C\C=C\CCCN. The number of allylic oxidation sites excluding steroid dienone is 6. The molecule has 0 saturated heterocycles. The van der Waals surface area contributed by atoms with Gasteiger partial charge < -0.3 is 5.73 Å². The fourth-order valence-electron chi connectivity index (χ4n) is 0.707. The maximum atomic E-state index is 12.6. The molecular weight excluding hydrogens is 153 g/mol. The Labute approximate surface area is 73.5 Å². The van der Waals surface area contributed by atoms with Crippen LogP contribution in [0.5, 0.6) is 0 Å². The lowest BCUT2D eigenvalue weighted by molar-refractivity contribution is 0.667. The first kappa shape index (κ1) is 11.1. The molecule has 0 heterocycles. The number of hydrogen-bond donors (Lipinski definition) is 1. The van der Waals surface area contributed by atoms with E-state index in [1.165, 1.54) is 12.2 Å². The van der Waals surface area contributed by atoms with Crippen LogP contribution in [0.25, 0.3) is 0 Å². The zero-order valence-corrected chi connectivity index (χ0v) is 7.46. The van der Waals surface area contributed by atoms with Crippen LogP contribution >= 0.6 is 0 Å². The molecule has 0 spiro atoms. The van der Waals surface area contributed by atoms with Gasteiger partial charge in [-0.25, -0.2) is 4.39 Å². The Balaban J connectivity index is 3.63. The molecule has 0 aliphatic carbocycles. The van der Waals surface area contributed by atoms with E-state index in [1.807, 2.05) is 6.08 Å². The Morgan fingerprint density at radius 2 is 2.25 bits per heavy atom. The Hall–Kier alpha value is -0.890. The molecule has 0 aliphatic heterocycles. The van der Waals surface area contributed by atoms with E-state index < -0.39 is 0 Å². The average molecular weight is 169 g/mol. The van der Waals surface area contributed by atoms with Gasteiger partial charge in [0, 0.05) is 0 Å². The number of halogens is 1. The summed E-state index contributed by atoms with van der Waals surface area (Å²) in [7, 11) is 0. The average Bonchev–Trinajstić information content (AvgIpc) is 2.05. The molecular formula is C10H16FN.